The first-order valence-electron chi connectivity index (χ1n) is 6.75. The number of amides is 1. The Morgan fingerprint density at radius 3 is 3.05 bits per heavy atom. The first-order chi connectivity index (χ1) is 9.33. The number of hydrogen-bond acceptors (Lipinski definition) is 3. The number of carbonyl (C=O) groups excluding carboxylic acids is 1. The quantitative estimate of drug-likeness (QED) is 0.787. The number of hydrogen-bond donors (Lipinski definition) is 3. The number of nitrogens with one attached hydrogen (secondary N) is 3. The van der Waals surface area contributed by atoms with E-state index in [0.29, 0.717) is 12.3 Å². The molecule has 0 atom stereocenters. The van der Waals surface area contributed by atoms with Crippen molar-refractivity contribution in [3.8, 4) is 0 Å². The van der Waals surface area contributed by atoms with Gasteiger partial charge in [0.2, 0.25) is 5.91 Å². The molecule has 1 aromatic carbocycles. The van der Waals surface area contributed by atoms with Gasteiger partial charge in [-0.05, 0) is 44.0 Å². The summed E-state index contributed by atoms with van der Waals surface area (Å²) >= 11 is 0. The first-order valence-corrected chi connectivity index (χ1v) is 6.75. The standard InChI is InChI=1S/C14H18N4O/c19-14(8-10-4-6-15-7-5-10)17-12-2-1-3-13-11(12)9-16-18-13/h1-3,9-10,15H,4-8H2,(H,16,18)(H,17,19). The van der Waals surface area contributed by atoms with Crippen LogP contribution in [0, 0.1) is 5.92 Å². The van der Waals surface area contributed by atoms with E-state index >= 15 is 0 Å². The van der Waals surface area contributed by atoms with Gasteiger partial charge < -0.3 is 10.6 Å². The third kappa shape index (κ3) is 2.76. The summed E-state index contributed by atoms with van der Waals surface area (Å²) in [6.45, 7) is 2.05. The molecule has 2 heterocycles. The fraction of sp³-hybridized carbons (Fsp3) is 0.429. The lowest BCUT2D eigenvalue weighted by Crippen LogP contribution is -2.30. The zero-order chi connectivity index (χ0) is 13.1. The summed E-state index contributed by atoms with van der Waals surface area (Å²) in [5, 5.41) is 14.2. The van der Waals surface area contributed by atoms with Crippen LogP contribution in [0.2, 0.25) is 0 Å². The Kier molecular flexibility index (Phi) is 3.46. The Labute approximate surface area is 111 Å². The number of H-pyrrole nitrogens is 1. The van der Waals surface area contributed by atoms with E-state index < -0.39 is 0 Å². The zero-order valence-corrected chi connectivity index (χ0v) is 10.8. The second kappa shape index (κ2) is 5.40. The molecule has 0 spiro atoms. The van der Waals surface area contributed by atoms with Crippen LogP contribution >= 0.6 is 0 Å². The van der Waals surface area contributed by atoms with E-state index in [-0.39, 0.29) is 5.91 Å². The van der Waals surface area contributed by atoms with Crippen molar-refractivity contribution in [3.05, 3.63) is 24.4 Å². The smallest absolute Gasteiger partial charge is 0.224 e. The Morgan fingerprint density at radius 2 is 2.21 bits per heavy atom. The van der Waals surface area contributed by atoms with Gasteiger partial charge in [0, 0.05) is 11.8 Å². The summed E-state index contributed by atoms with van der Waals surface area (Å²) in [4.78, 5) is 12.1. The molecule has 100 valence electrons. The number of carbonyl (C=O) groups is 1. The summed E-state index contributed by atoms with van der Waals surface area (Å²) in [5.41, 5.74) is 1.78. The maximum absolute atomic E-state index is 12.1. The van der Waals surface area contributed by atoms with Gasteiger partial charge in [-0.25, -0.2) is 0 Å². The number of fused-ring (bicyclic) bond motifs is 1. The van der Waals surface area contributed by atoms with Crippen LogP contribution in [0.3, 0.4) is 0 Å². The van der Waals surface area contributed by atoms with Crippen molar-refractivity contribution in [2.24, 2.45) is 5.92 Å². The largest absolute Gasteiger partial charge is 0.325 e. The Hall–Kier alpha value is -1.88. The summed E-state index contributed by atoms with van der Waals surface area (Å²) in [6.07, 6.45) is 4.53. The van der Waals surface area contributed by atoms with Crippen LogP contribution in [0.5, 0.6) is 0 Å². The van der Waals surface area contributed by atoms with E-state index in [2.05, 4.69) is 20.8 Å². The van der Waals surface area contributed by atoms with E-state index in [1.54, 1.807) is 6.20 Å². The summed E-state index contributed by atoms with van der Waals surface area (Å²) in [7, 11) is 0. The van der Waals surface area contributed by atoms with Gasteiger partial charge in [-0.2, -0.15) is 5.10 Å². The topological polar surface area (TPSA) is 69.8 Å². The molecule has 1 fully saturated rings. The predicted molar refractivity (Wildman–Crippen MR) is 74.9 cm³/mol. The molecule has 1 aromatic heterocycles. The molecule has 2 aromatic rings. The van der Waals surface area contributed by atoms with Crippen molar-refractivity contribution >= 4 is 22.5 Å². The molecular weight excluding hydrogens is 240 g/mol. The van der Waals surface area contributed by atoms with Crippen LogP contribution in [-0.2, 0) is 4.79 Å². The number of benzene rings is 1. The summed E-state index contributed by atoms with van der Waals surface area (Å²) < 4.78 is 0. The van der Waals surface area contributed by atoms with Gasteiger partial charge in [-0.3, -0.25) is 9.89 Å². The average molecular weight is 258 g/mol. The molecule has 0 unspecified atom stereocenters. The normalized spacial score (nSPS) is 16.6. The van der Waals surface area contributed by atoms with Crippen molar-refractivity contribution in [3.63, 3.8) is 0 Å². The number of aromatic nitrogens is 2. The molecule has 3 N–H and O–H groups in total. The van der Waals surface area contributed by atoms with Gasteiger partial charge in [0.15, 0.2) is 0 Å². The van der Waals surface area contributed by atoms with Gasteiger partial charge in [-0.15, -0.1) is 0 Å². The third-order valence-electron chi connectivity index (χ3n) is 3.69. The van der Waals surface area contributed by atoms with Crippen molar-refractivity contribution in [2.45, 2.75) is 19.3 Å². The van der Waals surface area contributed by atoms with Gasteiger partial charge in [0.25, 0.3) is 0 Å². The monoisotopic (exact) mass is 258 g/mol. The maximum atomic E-state index is 12.1. The van der Waals surface area contributed by atoms with Crippen molar-refractivity contribution < 1.29 is 4.79 Å². The number of anilines is 1. The second-order valence-corrected chi connectivity index (χ2v) is 5.08. The Bertz CT molecular complexity index is 572. The maximum Gasteiger partial charge on any atom is 0.224 e. The highest BCUT2D eigenvalue weighted by Crippen LogP contribution is 2.22. The molecule has 0 bridgehead atoms. The molecule has 1 saturated heterocycles. The van der Waals surface area contributed by atoms with Crippen LogP contribution in [-0.4, -0.2) is 29.2 Å². The molecule has 3 rings (SSSR count). The molecular formula is C14H18N4O. The number of nitrogens with zero attached hydrogens (tertiary/aromatic N) is 1. The molecule has 1 amide bonds. The average Bonchev–Trinajstić information content (AvgIpc) is 2.89. The lowest BCUT2D eigenvalue weighted by atomic mass is 9.94. The van der Waals surface area contributed by atoms with Crippen LogP contribution in [0.1, 0.15) is 19.3 Å². The molecule has 19 heavy (non-hydrogen) atoms. The van der Waals surface area contributed by atoms with Gasteiger partial charge in [0.1, 0.15) is 0 Å². The Balaban J connectivity index is 1.67. The van der Waals surface area contributed by atoms with Crippen LogP contribution in [0.25, 0.3) is 10.9 Å². The highest BCUT2D eigenvalue weighted by atomic mass is 16.1. The van der Waals surface area contributed by atoms with Crippen LogP contribution < -0.4 is 10.6 Å². The molecule has 0 saturated carbocycles. The first kappa shape index (κ1) is 12.2. The van der Waals surface area contributed by atoms with E-state index in [4.69, 9.17) is 0 Å². The number of piperidine rings is 1. The van der Waals surface area contributed by atoms with Gasteiger partial charge in [0.05, 0.1) is 17.4 Å². The fourth-order valence-electron chi connectivity index (χ4n) is 2.63. The van der Waals surface area contributed by atoms with E-state index in [9.17, 15) is 4.79 Å². The zero-order valence-electron chi connectivity index (χ0n) is 10.8. The minimum atomic E-state index is 0.0978. The van der Waals surface area contributed by atoms with Crippen molar-refractivity contribution in [2.75, 3.05) is 18.4 Å². The number of rotatable bonds is 3. The SMILES string of the molecule is O=C(CC1CCNCC1)Nc1cccc2[nH]ncc12. The van der Waals surface area contributed by atoms with Crippen molar-refractivity contribution in [1.82, 2.24) is 15.5 Å². The summed E-state index contributed by atoms with van der Waals surface area (Å²) in [6, 6.07) is 5.78. The lowest BCUT2D eigenvalue weighted by molar-refractivity contribution is -0.117. The molecule has 1 aliphatic rings. The highest BCUT2D eigenvalue weighted by molar-refractivity contribution is 6.00. The molecule has 0 radical (unpaired) electrons. The highest BCUT2D eigenvalue weighted by Gasteiger charge is 2.17. The van der Waals surface area contributed by atoms with E-state index in [0.717, 1.165) is 42.5 Å². The van der Waals surface area contributed by atoms with E-state index in [1.165, 1.54) is 0 Å². The summed E-state index contributed by atoms with van der Waals surface area (Å²) in [5.74, 6) is 0.602. The van der Waals surface area contributed by atoms with Gasteiger partial charge in [-0.1, -0.05) is 6.07 Å². The Morgan fingerprint density at radius 1 is 1.37 bits per heavy atom. The molecule has 1 aliphatic heterocycles. The minimum absolute atomic E-state index is 0.0978. The minimum Gasteiger partial charge on any atom is -0.325 e. The second-order valence-electron chi connectivity index (χ2n) is 5.08. The molecule has 0 aliphatic carbocycles. The molecule has 5 heteroatoms. The van der Waals surface area contributed by atoms with Crippen LogP contribution in [0.4, 0.5) is 5.69 Å². The van der Waals surface area contributed by atoms with Crippen molar-refractivity contribution in [1.29, 1.82) is 0 Å². The number of aromatic amines is 1. The van der Waals surface area contributed by atoms with E-state index in [1.807, 2.05) is 18.2 Å². The molecule has 5 nitrogen and oxygen atoms in total. The lowest BCUT2D eigenvalue weighted by Gasteiger charge is -2.21. The predicted octanol–water partition coefficient (Wildman–Crippen LogP) is 1.89. The third-order valence-corrected chi connectivity index (χ3v) is 3.69. The fourth-order valence-corrected chi connectivity index (χ4v) is 2.63. The van der Waals surface area contributed by atoms with Gasteiger partial charge >= 0.3 is 0 Å². The van der Waals surface area contributed by atoms with Crippen LogP contribution in [0.15, 0.2) is 24.4 Å².